The third-order valence-corrected chi connectivity index (χ3v) is 3.56. The van der Waals surface area contributed by atoms with Crippen LogP contribution >= 0.6 is 15.9 Å². The van der Waals surface area contributed by atoms with Gasteiger partial charge in [-0.2, -0.15) is 5.26 Å². The standard InChI is InChI=1S/C16H14BrFN2/c1-10-3-4-13(7-16(10)18)11(2)20-15-6-12(9-19)5-14(17)8-15/h3-8,11,20H,1-2H3. The summed E-state index contributed by atoms with van der Waals surface area (Å²) in [6, 6.07) is 12.7. The molecule has 1 unspecified atom stereocenters. The minimum absolute atomic E-state index is 0.0501. The second-order valence-electron chi connectivity index (χ2n) is 4.72. The first kappa shape index (κ1) is 14.5. The van der Waals surface area contributed by atoms with Crippen LogP contribution in [-0.4, -0.2) is 0 Å². The van der Waals surface area contributed by atoms with E-state index >= 15 is 0 Å². The number of hydrogen-bond acceptors (Lipinski definition) is 2. The average Bonchev–Trinajstić information content (AvgIpc) is 2.41. The first-order chi connectivity index (χ1) is 9.49. The quantitative estimate of drug-likeness (QED) is 0.863. The molecule has 0 saturated heterocycles. The predicted molar refractivity (Wildman–Crippen MR) is 82.0 cm³/mol. The highest BCUT2D eigenvalue weighted by atomic mass is 79.9. The van der Waals surface area contributed by atoms with E-state index in [0.29, 0.717) is 11.1 Å². The van der Waals surface area contributed by atoms with E-state index in [9.17, 15) is 4.39 Å². The number of rotatable bonds is 3. The van der Waals surface area contributed by atoms with Gasteiger partial charge in [0.05, 0.1) is 11.6 Å². The first-order valence-corrected chi connectivity index (χ1v) is 7.02. The molecule has 1 N–H and O–H groups in total. The molecule has 20 heavy (non-hydrogen) atoms. The van der Waals surface area contributed by atoms with Gasteiger partial charge >= 0.3 is 0 Å². The van der Waals surface area contributed by atoms with Crippen molar-refractivity contribution in [2.45, 2.75) is 19.9 Å². The van der Waals surface area contributed by atoms with Crippen molar-refractivity contribution >= 4 is 21.6 Å². The Labute approximate surface area is 126 Å². The normalized spacial score (nSPS) is 11.8. The van der Waals surface area contributed by atoms with Gasteiger partial charge in [-0.1, -0.05) is 28.1 Å². The smallest absolute Gasteiger partial charge is 0.126 e. The van der Waals surface area contributed by atoms with E-state index in [1.165, 1.54) is 6.07 Å². The van der Waals surface area contributed by atoms with Gasteiger partial charge in [0.2, 0.25) is 0 Å². The number of hydrogen-bond donors (Lipinski definition) is 1. The van der Waals surface area contributed by atoms with Crippen LogP contribution in [0.25, 0.3) is 0 Å². The summed E-state index contributed by atoms with van der Waals surface area (Å²) in [7, 11) is 0. The van der Waals surface area contributed by atoms with Gasteiger partial charge in [-0.05, 0) is 49.2 Å². The van der Waals surface area contributed by atoms with Crippen molar-refractivity contribution in [3.63, 3.8) is 0 Å². The number of nitrogens with one attached hydrogen (secondary N) is 1. The van der Waals surface area contributed by atoms with E-state index in [1.807, 2.05) is 19.1 Å². The van der Waals surface area contributed by atoms with E-state index in [4.69, 9.17) is 5.26 Å². The van der Waals surface area contributed by atoms with Gasteiger partial charge in [-0.15, -0.1) is 0 Å². The molecule has 0 aromatic heterocycles. The Kier molecular flexibility index (Phi) is 4.41. The highest BCUT2D eigenvalue weighted by molar-refractivity contribution is 9.10. The van der Waals surface area contributed by atoms with Gasteiger partial charge in [0.1, 0.15) is 5.82 Å². The molecule has 0 fully saturated rings. The Bertz CT molecular complexity index is 677. The van der Waals surface area contributed by atoms with Crippen LogP contribution in [0.3, 0.4) is 0 Å². The fourth-order valence-electron chi connectivity index (χ4n) is 1.95. The topological polar surface area (TPSA) is 35.8 Å². The number of benzene rings is 2. The van der Waals surface area contributed by atoms with E-state index < -0.39 is 0 Å². The molecule has 102 valence electrons. The molecule has 0 bridgehead atoms. The Morgan fingerprint density at radius 2 is 2.00 bits per heavy atom. The minimum atomic E-state index is -0.205. The molecule has 0 heterocycles. The molecule has 0 aliphatic carbocycles. The summed E-state index contributed by atoms with van der Waals surface area (Å²) < 4.78 is 14.4. The lowest BCUT2D eigenvalue weighted by Crippen LogP contribution is -2.07. The van der Waals surface area contributed by atoms with Crippen LogP contribution in [0.4, 0.5) is 10.1 Å². The second kappa shape index (κ2) is 6.06. The fourth-order valence-corrected chi connectivity index (χ4v) is 2.44. The lowest BCUT2D eigenvalue weighted by Gasteiger charge is -2.16. The molecule has 0 saturated carbocycles. The fraction of sp³-hybridized carbons (Fsp3) is 0.188. The Morgan fingerprint density at radius 3 is 2.65 bits per heavy atom. The summed E-state index contributed by atoms with van der Waals surface area (Å²) in [4.78, 5) is 0. The number of halogens is 2. The van der Waals surface area contributed by atoms with Crippen LogP contribution in [0.5, 0.6) is 0 Å². The summed E-state index contributed by atoms with van der Waals surface area (Å²) in [5.74, 6) is -0.205. The van der Waals surface area contributed by atoms with E-state index in [1.54, 1.807) is 25.1 Å². The Hall–Kier alpha value is -1.86. The van der Waals surface area contributed by atoms with Crippen molar-refractivity contribution in [1.82, 2.24) is 0 Å². The SMILES string of the molecule is Cc1ccc(C(C)Nc2cc(Br)cc(C#N)c2)cc1F. The van der Waals surface area contributed by atoms with Crippen LogP contribution in [0.2, 0.25) is 0 Å². The lowest BCUT2D eigenvalue weighted by molar-refractivity contribution is 0.614. The molecule has 4 heteroatoms. The van der Waals surface area contributed by atoms with Gasteiger partial charge in [0.25, 0.3) is 0 Å². The molecule has 2 nitrogen and oxygen atoms in total. The highest BCUT2D eigenvalue weighted by Gasteiger charge is 2.08. The van der Waals surface area contributed by atoms with E-state index in [0.717, 1.165) is 15.7 Å². The maximum atomic E-state index is 13.6. The summed E-state index contributed by atoms with van der Waals surface area (Å²) in [5.41, 5.74) is 2.90. The van der Waals surface area contributed by atoms with Crippen LogP contribution in [0.15, 0.2) is 40.9 Å². The highest BCUT2D eigenvalue weighted by Crippen LogP contribution is 2.24. The third-order valence-electron chi connectivity index (χ3n) is 3.11. The van der Waals surface area contributed by atoms with Crippen LogP contribution in [0.1, 0.15) is 29.7 Å². The van der Waals surface area contributed by atoms with Gasteiger partial charge in [0.15, 0.2) is 0 Å². The minimum Gasteiger partial charge on any atom is -0.378 e. The largest absolute Gasteiger partial charge is 0.378 e. The van der Waals surface area contributed by atoms with Crippen LogP contribution in [0, 0.1) is 24.1 Å². The summed E-state index contributed by atoms with van der Waals surface area (Å²) in [5, 5.41) is 12.2. The second-order valence-corrected chi connectivity index (χ2v) is 5.63. The zero-order valence-corrected chi connectivity index (χ0v) is 12.8. The Balaban J connectivity index is 2.23. The molecule has 0 aliphatic heterocycles. The summed E-state index contributed by atoms with van der Waals surface area (Å²) in [6.07, 6.45) is 0. The van der Waals surface area contributed by atoms with Crippen LogP contribution < -0.4 is 5.32 Å². The molecule has 1 atom stereocenters. The molecule has 2 aromatic carbocycles. The molecule has 0 spiro atoms. The zero-order chi connectivity index (χ0) is 14.7. The van der Waals surface area contributed by atoms with Gasteiger partial charge in [-0.25, -0.2) is 4.39 Å². The molecule has 0 amide bonds. The van der Waals surface area contributed by atoms with Gasteiger partial charge in [-0.3, -0.25) is 0 Å². The van der Waals surface area contributed by atoms with Crippen molar-refractivity contribution in [2.24, 2.45) is 0 Å². The monoisotopic (exact) mass is 332 g/mol. The van der Waals surface area contributed by atoms with Gasteiger partial charge < -0.3 is 5.32 Å². The number of anilines is 1. The van der Waals surface area contributed by atoms with Crippen molar-refractivity contribution in [2.75, 3.05) is 5.32 Å². The number of nitrogens with zero attached hydrogens (tertiary/aromatic N) is 1. The maximum Gasteiger partial charge on any atom is 0.126 e. The number of aryl methyl sites for hydroxylation is 1. The van der Waals surface area contributed by atoms with E-state index in [2.05, 4.69) is 27.3 Å². The first-order valence-electron chi connectivity index (χ1n) is 6.23. The summed E-state index contributed by atoms with van der Waals surface area (Å²) >= 11 is 3.37. The Morgan fingerprint density at radius 1 is 1.25 bits per heavy atom. The molecular formula is C16H14BrFN2. The number of nitriles is 1. The molecule has 0 radical (unpaired) electrons. The third kappa shape index (κ3) is 3.37. The molecule has 2 rings (SSSR count). The molecule has 2 aromatic rings. The van der Waals surface area contributed by atoms with Crippen molar-refractivity contribution in [1.29, 1.82) is 5.26 Å². The lowest BCUT2D eigenvalue weighted by atomic mass is 10.1. The van der Waals surface area contributed by atoms with Gasteiger partial charge in [0, 0.05) is 16.2 Å². The van der Waals surface area contributed by atoms with E-state index in [-0.39, 0.29) is 11.9 Å². The van der Waals surface area contributed by atoms with Crippen molar-refractivity contribution in [3.8, 4) is 6.07 Å². The molecular weight excluding hydrogens is 319 g/mol. The summed E-state index contributed by atoms with van der Waals surface area (Å²) in [6.45, 7) is 3.70. The zero-order valence-electron chi connectivity index (χ0n) is 11.2. The maximum absolute atomic E-state index is 13.6. The molecule has 0 aliphatic rings. The van der Waals surface area contributed by atoms with Crippen molar-refractivity contribution < 1.29 is 4.39 Å². The van der Waals surface area contributed by atoms with Crippen molar-refractivity contribution in [3.05, 3.63) is 63.4 Å². The predicted octanol–water partition coefficient (Wildman–Crippen LogP) is 4.94. The van der Waals surface area contributed by atoms with Crippen LogP contribution in [-0.2, 0) is 0 Å². The average molecular weight is 333 g/mol.